The van der Waals surface area contributed by atoms with E-state index in [2.05, 4.69) is 24.5 Å². The fourth-order valence-electron chi connectivity index (χ4n) is 2.03. The van der Waals surface area contributed by atoms with Crippen LogP contribution in [-0.2, 0) is 4.74 Å². The third-order valence-corrected chi connectivity index (χ3v) is 3.30. The minimum absolute atomic E-state index is 0.301. The van der Waals surface area contributed by atoms with Crippen LogP contribution in [0.4, 0.5) is 5.69 Å². The second-order valence-electron chi connectivity index (χ2n) is 5.04. The first kappa shape index (κ1) is 17.4. The SMILES string of the molecule is CCCC(C)NC(=S)Nc1ccc(C(=O)OCC)cc1C. The number of hydrogen-bond acceptors (Lipinski definition) is 3. The van der Waals surface area contributed by atoms with Gasteiger partial charge in [0, 0.05) is 11.7 Å². The summed E-state index contributed by atoms with van der Waals surface area (Å²) < 4.78 is 4.99. The summed E-state index contributed by atoms with van der Waals surface area (Å²) in [6.45, 7) is 8.35. The molecule has 0 aliphatic carbocycles. The molecule has 21 heavy (non-hydrogen) atoms. The highest BCUT2D eigenvalue weighted by molar-refractivity contribution is 7.80. The molecular formula is C16H24N2O2S. The van der Waals surface area contributed by atoms with Gasteiger partial charge in [-0.3, -0.25) is 0 Å². The van der Waals surface area contributed by atoms with E-state index in [0.29, 0.717) is 23.3 Å². The maximum absolute atomic E-state index is 11.7. The van der Waals surface area contributed by atoms with Crippen molar-refractivity contribution in [1.82, 2.24) is 5.32 Å². The Morgan fingerprint density at radius 1 is 1.38 bits per heavy atom. The van der Waals surface area contributed by atoms with Gasteiger partial charge in [0.2, 0.25) is 0 Å². The van der Waals surface area contributed by atoms with Crippen LogP contribution in [0.15, 0.2) is 18.2 Å². The molecule has 0 aliphatic heterocycles. The number of carbonyl (C=O) groups is 1. The first-order valence-corrected chi connectivity index (χ1v) is 7.74. The minimum atomic E-state index is -0.301. The fraction of sp³-hybridized carbons (Fsp3) is 0.500. The Hall–Kier alpha value is -1.62. The van der Waals surface area contributed by atoms with E-state index in [1.165, 1.54) is 0 Å². The first-order valence-electron chi connectivity index (χ1n) is 7.33. The third kappa shape index (κ3) is 5.71. The molecule has 1 aromatic rings. The van der Waals surface area contributed by atoms with Gasteiger partial charge in [0.15, 0.2) is 5.11 Å². The molecule has 1 atom stereocenters. The first-order chi connectivity index (χ1) is 9.97. The Morgan fingerprint density at radius 3 is 2.67 bits per heavy atom. The molecule has 116 valence electrons. The Bertz CT molecular complexity index is 503. The maximum Gasteiger partial charge on any atom is 0.338 e. The normalized spacial score (nSPS) is 11.6. The largest absolute Gasteiger partial charge is 0.462 e. The number of thiocarbonyl (C=S) groups is 1. The van der Waals surface area contributed by atoms with Crippen molar-refractivity contribution in [3.05, 3.63) is 29.3 Å². The smallest absolute Gasteiger partial charge is 0.338 e. The molecule has 0 saturated carbocycles. The lowest BCUT2D eigenvalue weighted by molar-refractivity contribution is 0.0526. The van der Waals surface area contributed by atoms with Crippen molar-refractivity contribution < 1.29 is 9.53 Å². The number of nitrogens with one attached hydrogen (secondary N) is 2. The second-order valence-corrected chi connectivity index (χ2v) is 5.45. The van der Waals surface area contributed by atoms with E-state index in [1.807, 2.05) is 13.0 Å². The van der Waals surface area contributed by atoms with Gasteiger partial charge in [0.25, 0.3) is 0 Å². The van der Waals surface area contributed by atoms with Crippen molar-refractivity contribution in [3.63, 3.8) is 0 Å². The van der Waals surface area contributed by atoms with Gasteiger partial charge in [-0.1, -0.05) is 13.3 Å². The standard InChI is InChI=1S/C16H24N2O2S/c1-5-7-12(4)17-16(21)18-14-9-8-13(10-11(14)3)15(19)20-6-2/h8-10,12H,5-7H2,1-4H3,(H2,17,18,21). The van der Waals surface area contributed by atoms with Crippen molar-refractivity contribution in [2.45, 2.75) is 46.6 Å². The fourth-order valence-corrected chi connectivity index (χ4v) is 2.34. The molecule has 0 saturated heterocycles. The van der Waals surface area contributed by atoms with Gasteiger partial charge >= 0.3 is 5.97 Å². The molecule has 0 aliphatic rings. The lowest BCUT2D eigenvalue weighted by Crippen LogP contribution is -2.35. The number of ether oxygens (including phenoxy) is 1. The summed E-state index contributed by atoms with van der Waals surface area (Å²) in [6, 6.07) is 5.73. The number of anilines is 1. The molecule has 0 amide bonds. The number of carbonyl (C=O) groups excluding carboxylic acids is 1. The van der Waals surface area contributed by atoms with Gasteiger partial charge in [-0.25, -0.2) is 4.79 Å². The number of benzene rings is 1. The number of hydrogen-bond donors (Lipinski definition) is 2. The van der Waals surface area contributed by atoms with Crippen molar-refractivity contribution in [2.75, 3.05) is 11.9 Å². The van der Waals surface area contributed by atoms with E-state index >= 15 is 0 Å². The van der Waals surface area contributed by atoms with Crippen LogP contribution < -0.4 is 10.6 Å². The van der Waals surface area contributed by atoms with Gasteiger partial charge in [-0.15, -0.1) is 0 Å². The Balaban J connectivity index is 2.68. The zero-order chi connectivity index (χ0) is 15.8. The quantitative estimate of drug-likeness (QED) is 0.620. The summed E-state index contributed by atoms with van der Waals surface area (Å²) in [5, 5.41) is 7.01. The molecule has 1 unspecified atom stereocenters. The van der Waals surface area contributed by atoms with Gasteiger partial charge in [0.1, 0.15) is 0 Å². The predicted octanol–water partition coefficient (Wildman–Crippen LogP) is 3.65. The van der Waals surface area contributed by atoms with Crippen LogP contribution in [-0.4, -0.2) is 23.7 Å². The molecule has 0 heterocycles. The average molecular weight is 308 g/mol. The van der Waals surface area contributed by atoms with Crippen LogP contribution in [0.3, 0.4) is 0 Å². The highest BCUT2D eigenvalue weighted by Gasteiger charge is 2.10. The van der Waals surface area contributed by atoms with Crippen LogP contribution in [0.25, 0.3) is 0 Å². The predicted molar refractivity (Wildman–Crippen MR) is 90.9 cm³/mol. The number of esters is 1. The molecule has 0 aromatic heterocycles. The molecule has 0 fully saturated rings. The van der Waals surface area contributed by atoms with E-state index in [9.17, 15) is 4.79 Å². The highest BCUT2D eigenvalue weighted by Crippen LogP contribution is 2.17. The second kappa shape index (κ2) is 8.62. The van der Waals surface area contributed by atoms with E-state index in [0.717, 1.165) is 24.1 Å². The molecule has 0 radical (unpaired) electrons. The van der Waals surface area contributed by atoms with Gasteiger partial charge < -0.3 is 15.4 Å². The van der Waals surface area contributed by atoms with Gasteiger partial charge in [-0.2, -0.15) is 0 Å². The summed E-state index contributed by atoms with van der Waals surface area (Å²) in [6.07, 6.45) is 2.19. The summed E-state index contributed by atoms with van der Waals surface area (Å²) >= 11 is 5.30. The molecule has 5 heteroatoms. The summed E-state index contributed by atoms with van der Waals surface area (Å²) in [5.41, 5.74) is 2.40. The topological polar surface area (TPSA) is 50.4 Å². The lowest BCUT2D eigenvalue weighted by Gasteiger charge is -2.17. The Labute approximate surface area is 132 Å². The average Bonchev–Trinajstić information content (AvgIpc) is 2.41. The highest BCUT2D eigenvalue weighted by atomic mass is 32.1. The molecule has 1 aromatic carbocycles. The van der Waals surface area contributed by atoms with Gasteiger partial charge in [0.05, 0.1) is 12.2 Å². The third-order valence-electron chi connectivity index (χ3n) is 3.08. The van der Waals surface area contributed by atoms with E-state index in [1.54, 1.807) is 19.1 Å². The zero-order valence-electron chi connectivity index (χ0n) is 13.2. The van der Waals surface area contributed by atoms with Crippen LogP contribution in [0.2, 0.25) is 0 Å². The van der Waals surface area contributed by atoms with Crippen LogP contribution in [0, 0.1) is 6.92 Å². The molecule has 1 rings (SSSR count). The van der Waals surface area contributed by atoms with Crippen molar-refractivity contribution >= 4 is 29.0 Å². The zero-order valence-corrected chi connectivity index (χ0v) is 14.0. The number of rotatable bonds is 6. The lowest BCUT2D eigenvalue weighted by atomic mass is 10.1. The van der Waals surface area contributed by atoms with Crippen molar-refractivity contribution in [3.8, 4) is 0 Å². The van der Waals surface area contributed by atoms with Crippen LogP contribution >= 0.6 is 12.2 Å². The maximum atomic E-state index is 11.7. The van der Waals surface area contributed by atoms with E-state index < -0.39 is 0 Å². The Morgan fingerprint density at radius 2 is 2.10 bits per heavy atom. The Kier molecular flexibility index (Phi) is 7.15. The monoisotopic (exact) mass is 308 g/mol. The molecule has 4 nitrogen and oxygen atoms in total. The molecule has 2 N–H and O–H groups in total. The molecular weight excluding hydrogens is 284 g/mol. The van der Waals surface area contributed by atoms with Crippen LogP contribution in [0.5, 0.6) is 0 Å². The van der Waals surface area contributed by atoms with E-state index in [4.69, 9.17) is 17.0 Å². The number of aryl methyl sites for hydroxylation is 1. The molecule has 0 spiro atoms. The van der Waals surface area contributed by atoms with Crippen LogP contribution in [0.1, 0.15) is 49.5 Å². The van der Waals surface area contributed by atoms with Crippen molar-refractivity contribution in [1.29, 1.82) is 0 Å². The minimum Gasteiger partial charge on any atom is -0.462 e. The van der Waals surface area contributed by atoms with Gasteiger partial charge in [-0.05, 0) is 63.2 Å². The molecule has 0 bridgehead atoms. The van der Waals surface area contributed by atoms with E-state index in [-0.39, 0.29) is 5.97 Å². The summed E-state index contributed by atoms with van der Waals surface area (Å²) in [5.74, 6) is -0.301. The summed E-state index contributed by atoms with van der Waals surface area (Å²) in [7, 11) is 0. The summed E-state index contributed by atoms with van der Waals surface area (Å²) in [4.78, 5) is 11.7. The van der Waals surface area contributed by atoms with Crippen molar-refractivity contribution in [2.24, 2.45) is 0 Å².